The third-order valence-corrected chi connectivity index (χ3v) is 3.20. The highest BCUT2D eigenvalue weighted by molar-refractivity contribution is 6.33. The van der Waals surface area contributed by atoms with Crippen molar-refractivity contribution in [2.75, 3.05) is 11.9 Å². The summed E-state index contributed by atoms with van der Waals surface area (Å²) >= 11 is 6.06. The molecule has 2 rings (SSSR count). The number of pyridine rings is 1. The molecule has 21 heavy (non-hydrogen) atoms. The Kier molecular flexibility index (Phi) is 5.16. The van der Waals surface area contributed by atoms with E-state index in [0.717, 1.165) is 13.0 Å². The van der Waals surface area contributed by atoms with Crippen molar-refractivity contribution in [1.82, 2.24) is 20.3 Å². The van der Waals surface area contributed by atoms with E-state index in [1.807, 2.05) is 6.92 Å². The summed E-state index contributed by atoms with van der Waals surface area (Å²) < 4.78 is 0. The third kappa shape index (κ3) is 3.95. The van der Waals surface area contributed by atoms with Gasteiger partial charge in [-0.15, -0.1) is 0 Å². The lowest BCUT2D eigenvalue weighted by atomic mass is 10.2. The fraction of sp³-hybridized carbons (Fsp3) is 0.357. The number of rotatable bonds is 6. The maximum atomic E-state index is 12.3. The molecule has 0 bridgehead atoms. The van der Waals surface area contributed by atoms with E-state index in [1.54, 1.807) is 24.5 Å². The lowest BCUT2D eigenvalue weighted by Crippen LogP contribution is -2.28. The summed E-state index contributed by atoms with van der Waals surface area (Å²) in [6.07, 6.45) is 4.32. The number of aromatic amines is 1. The number of nitrogens with zero attached hydrogens (tertiary/aromatic N) is 2. The number of hydrogen-bond acceptors (Lipinski definition) is 4. The van der Waals surface area contributed by atoms with Crippen molar-refractivity contribution in [3.8, 4) is 0 Å². The van der Waals surface area contributed by atoms with Gasteiger partial charge in [0, 0.05) is 18.9 Å². The third-order valence-electron chi connectivity index (χ3n) is 2.89. The Hall–Kier alpha value is -2.08. The first-order chi connectivity index (χ1) is 10.1. The average Bonchev–Trinajstić information content (AvgIpc) is 3.00. The molecular formula is C14H18ClN5O. The molecule has 0 saturated heterocycles. The Bertz CT molecular complexity index is 599. The first kappa shape index (κ1) is 15.3. The first-order valence-electron chi connectivity index (χ1n) is 6.82. The first-order valence-corrected chi connectivity index (χ1v) is 7.20. The fourth-order valence-corrected chi connectivity index (χ4v) is 1.99. The average molecular weight is 308 g/mol. The van der Waals surface area contributed by atoms with Gasteiger partial charge in [-0.25, -0.2) is 9.97 Å². The summed E-state index contributed by atoms with van der Waals surface area (Å²) in [7, 11) is 0. The molecule has 0 fully saturated rings. The summed E-state index contributed by atoms with van der Waals surface area (Å²) in [5.74, 6) is 0.987. The largest absolute Gasteiger partial charge is 0.370 e. The molecule has 112 valence electrons. The minimum absolute atomic E-state index is 0.205. The number of imidazole rings is 1. The number of carbonyl (C=O) groups excluding carboxylic acids is 1. The van der Waals surface area contributed by atoms with Crippen LogP contribution in [0, 0.1) is 0 Å². The van der Waals surface area contributed by atoms with Gasteiger partial charge in [0.2, 0.25) is 0 Å². The van der Waals surface area contributed by atoms with Gasteiger partial charge in [0.05, 0.1) is 11.1 Å². The number of amides is 1. The molecule has 0 saturated carbocycles. The maximum Gasteiger partial charge on any atom is 0.272 e. The summed E-state index contributed by atoms with van der Waals surface area (Å²) in [6, 6.07) is 3.17. The van der Waals surface area contributed by atoms with Gasteiger partial charge in [-0.05, 0) is 25.5 Å². The van der Waals surface area contributed by atoms with Crippen LogP contribution in [-0.4, -0.2) is 27.4 Å². The van der Waals surface area contributed by atoms with Crippen LogP contribution in [0.5, 0.6) is 0 Å². The van der Waals surface area contributed by atoms with E-state index in [2.05, 4.69) is 32.5 Å². The van der Waals surface area contributed by atoms with Crippen molar-refractivity contribution >= 4 is 23.3 Å². The predicted molar refractivity (Wildman–Crippen MR) is 82.5 cm³/mol. The van der Waals surface area contributed by atoms with Gasteiger partial charge in [0.1, 0.15) is 17.3 Å². The summed E-state index contributed by atoms with van der Waals surface area (Å²) in [6.45, 7) is 4.68. The molecule has 2 heterocycles. The van der Waals surface area contributed by atoms with Gasteiger partial charge in [-0.3, -0.25) is 4.79 Å². The zero-order valence-electron chi connectivity index (χ0n) is 12.0. The van der Waals surface area contributed by atoms with E-state index >= 15 is 0 Å². The Morgan fingerprint density at radius 1 is 1.48 bits per heavy atom. The SMILES string of the molecule is CCCNc1ccc(Cl)c(C(=O)NC(C)c2ncc[nH]2)n1. The molecule has 1 atom stereocenters. The molecule has 0 aliphatic rings. The van der Waals surface area contributed by atoms with Gasteiger partial charge < -0.3 is 15.6 Å². The molecule has 0 aromatic carbocycles. The van der Waals surface area contributed by atoms with Crippen molar-refractivity contribution in [3.05, 3.63) is 41.1 Å². The van der Waals surface area contributed by atoms with Crippen molar-refractivity contribution < 1.29 is 4.79 Å². The topological polar surface area (TPSA) is 82.7 Å². The zero-order chi connectivity index (χ0) is 15.2. The Labute approximate surface area is 128 Å². The highest BCUT2D eigenvalue weighted by Crippen LogP contribution is 2.18. The number of aromatic nitrogens is 3. The molecule has 6 nitrogen and oxygen atoms in total. The van der Waals surface area contributed by atoms with E-state index in [9.17, 15) is 4.79 Å². The molecule has 0 spiro atoms. The highest BCUT2D eigenvalue weighted by Gasteiger charge is 2.17. The predicted octanol–water partition coefficient (Wildman–Crippen LogP) is 2.77. The van der Waals surface area contributed by atoms with Gasteiger partial charge in [-0.2, -0.15) is 0 Å². The number of nitrogens with one attached hydrogen (secondary N) is 3. The fourth-order valence-electron chi connectivity index (χ4n) is 1.80. The van der Waals surface area contributed by atoms with E-state index in [4.69, 9.17) is 11.6 Å². The molecule has 7 heteroatoms. The molecular weight excluding hydrogens is 290 g/mol. The van der Waals surface area contributed by atoms with Gasteiger partial charge >= 0.3 is 0 Å². The smallest absolute Gasteiger partial charge is 0.272 e. The van der Waals surface area contributed by atoms with Crippen LogP contribution in [0.15, 0.2) is 24.5 Å². The lowest BCUT2D eigenvalue weighted by molar-refractivity contribution is 0.0933. The maximum absolute atomic E-state index is 12.3. The standard InChI is InChI=1S/C14H18ClN5O/c1-3-6-16-11-5-4-10(15)12(20-11)14(21)19-9(2)13-17-7-8-18-13/h4-5,7-9H,3,6H2,1-2H3,(H,16,20)(H,17,18)(H,19,21). The minimum atomic E-state index is -0.330. The van der Waals surface area contributed by atoms with E-state index in [1.165, 1.54) is 0 Å². The lowest BCUT2D eigenvalue weighted by Gasteiger charge is -2.13. The van der Waals surface area contributed by atoms with Crippen molar-refractivity contribution in [2.45, 2.75) is 26.3 Å². The number of H-pyrrole nitrogens is 1. The number of carbonyl (C=O) groups is 1. The van der Waals surface area contributed by atoms with E-state index in [0.29, 0.717) is 16.7 Å². The van der Waals surface area contributed by atoms with Crippen LogP contribution in [0.3, 0.4) is 0 Å². The summed E-state index contributed by atoms with van der Waals surface area (Å²) in [5.41, 5.74) is 0.205. The molecule has 2 aromatic rings. The van der Waals surface area contributed by atoms with Crippen LogP contribution in [0.4, 0.5) is 5.82 Å². The quantitative estimate of drug-likeness (QED) is 0.766. The molecule has 0 radical (unpaired) electrons. The number of hydrogen-bond donors (Lipinski definition) is 3. The van der Waals surface area contributed by atoms with Crippen LogP contribution in [0.2, 0.25) is 5.02 Å². The van der Waals surface area contributed by atoms with Crippen LogP contribution in [-0.2, 0) is 0 Å². The van der Waals surface area contributed by atoms with Crippen LogP contribution in [0.1, 0.15) is 42.6 Å². The molecule has 3 N–H and O–H groups in total. The zero-order valence-corrected chi connectivity index (χ0v) is 12.7. The van der Waals surface area contributed by atoms with E-state index < -0.39 is 0 Å². The van der Waals surface area contributed by atoms with Crippen LogP contribution < -0.4 is 10.6 Å². The Balaban J connectivity index is 2.10. The molecule has 1 amide bonds. The highest BCUT2D eigenvalue weighted by atomic mass is 35.5. The molecule has 0 aliphatic carbocycles. The normalized spacial score (nSPS) is 12.0. The van der Waals surface area contributed by atoms with Crippen molar-refractivity contribution in [3.63, 3.8) is 0 Å². The number of halogens is 1. The molecule has 0 aliphatic heterocycles. The molecule has 2 aromatic heterocycles. The monoisotopic (exact) mass is 307 g/mol. The Morgan fingerprint density at radius 3 is 2.95 bits per heavy atom. The van der Waals surface area contributed by atoms with Gasteiger partial charge in [0.25, 0.3) is 5.91 Å². The van der Waals surface area contributed by atoms with E-state index in [-0.39, 0.29) is 17.6 Å². The van der Waals surface area contributed by atoms with Gasteiger partial charge in [-0.1, -0.05) is 18.5 Å². The second-order valence-electron chi connectivity index (χ2n) is 4.62. The molecule has 1 unspecified atom stereocenters. The second-order valence-corrected chi connectivity index (χ2v) is 5.03. The summed E-state index contributed by atoms with van der Waals surface area (Å²) in [4.78, 5) is 23.6. The van der Waals surface area contributed by atoms with Crippen LogP contribution >= 0.6 is 11.6 Å². The summed E-state index contributed by atoms with van der Waals surface area (Å²) in [5, 5.41) is 6.27. The van der Waals surface area contributed by atoms with Crippen molar-refractivity contribution in [2.24, 2.45) is 0 Å². The van der Waals surface area contributed by atoms with Gasteiger partial charge in [0.15, 0.2) is 0 Å². The number of anilines is 1. The van der Waals surface area contributed by atoms with Crippen LogP contribution in [0.25, 0.3) is 0 Å². The van der Waals surface area contributed by atoms with Crippen molar-refractivity contribution in [1.29, 1.82) is 0 Å². The minimum Gasteiger partial charge on any atom is -0.370 e. The second kappa shape index (κ2) is 7.08. The Morgan fingerprint density at radius 2 is 2.29 bits per heavy atom.